The molecule has 1 aromatic heterocycles. The predicted molar refractivity (Wildman–Crippen MR) is 126 cm³/mol. The molecule has 0 radical (unpaired) electrons. The van der Waals surface area contributed by atoms with E-state index >= 15 is 0 Å². The van der Waals surface area contributed by atoms with Crippen molar-refractivity contribution in [1.29, 1.82) is 0 Å². The van der Waals surface area contributed by atoms with Crippen LogP contribution in [0.4, 0.5) is 0 Å². The molecule has 0 fully saturated rings. The minimum absolute atomic E-state index is 0.403. The van der Waals surface area contributed by atoms with E-state index in [9.17, 15) is 0 Å². The van der Waals surface area contributed by atoms with Crippen LogP contribution in [0.1, 0.15) is 27.9 Å². The molecule has 4 nitrogen and oxygen atoms in total. The highest BCUT2D eigenvalue weighted by Crippen LogP contribution is 2.42. The molecule has 0 N–H and O–H groups in total. The number of methoxy groups -OCH3 is 2. The van der Waals surface area contributed by atoms with Crippen molar-refractivity contribution in [2.75, 3.05) is 14.2 Å². The van der Waals surface area contributed by atoms with Crippen LogP contribution in [0.25, 0.3) is 0 Å². The van der Waals surface area contributed by atoms with Crippen molar-refractivity contribution >= 4 is 0 Å². The summed E-state index contributed by atoms with van der Waals surface area (Å²) in [5.41, 5.74) is 4.22. The molecule has 0 aliphatic rings. The van der Waals surface area contributed by atoms with Gasteiger partial charge < -0.3 is 14.2 Å². The summed E-state index contributed by atoms with van der Waals surface area (Å²) in [6, 6.07) is 30.4. The normalized spacial score (nSPS) is 11.2. The smallest absolute Gasteiger partial charge is 0.144 e. The van der Waals surface area contributed by atoms with Crippen LogP contribution in [-0.4, -0.2) is 19.2 Å². The van der Waals surface area contributed by atoms with Gasteiger partial charge in [0.1, 0.15) is 17.1 Å². The van der Waals surface area contributed by atoms with Crippen LogP contribution in [0.3, 0.4) is 0 Å². The standard InChI is InChI=1S/C28H27NO3/c1-21-9-10-22(19-29-21)20-32-28(23-7-5-4-6-8-23,24-11-15-26(30-2)16-12-24)25-13-17-27(31-3)18-14-25/h4-19H,20H2,1-3H3. The van der Waals surface area contributed by atoms with Crippen molar-refractivity contribution in [3.8, 4) is 11.5 Å². The second kappa shape index (κ2) is 9.67. The number of benzene rings is 3. The Labute approximate surface area is 189 Å². The largest absolute Gasteiger partial charge is 0.497 e. The zero-order chi connectivity index (χ0) is 22.4. The molecule has 0 saturated carbocycles. The zero-order valence-corrected chi connectivity index (χ0v) is 18.6. The number of pyridine rings is 1. The molecule has 0 unspecified atom stereocenters. The van der Waals surface area contributed by atoms with E-state index in [4.69, 9.17) is 14.2 Å². The maximum absolute atomic E-state index is 6.84. The van der Waals surface area contributed by atoms with Gasteiger partial charge in [-0.05, 0) is 59.5 Å². The molecule has 0 bridgehead atoms. The lowest BCUT2D eigenvalue weighted by Gasteiger charge is -2.36. The molecule has 3 aromatic carbocycles. The Kier molecular flexibility index (Phi) is 6.52. The second-order valence-corrected chi connectivity index (χ2v) is 7.60. The van der Waals surface area contributed by atoms with Crippen LogP contribution < -0.4 is 9.47 Å². The van der Waals surface area contributed by atoms with Gasteiger partial charge in [-0.3, -0.25) is 4.98 Å². The van der Waals surface area contributed by atoms with Crippen LogP contribution in [-0.2, 0) is 16.9 Å². The molecule has 0 spiro atoms. The number of hydrogen-bond acceptors (Lipinski definition) is 4. The van der Waals surface area contributed by atoms with E-state index in [0.717, 1.165) is 39.4 Å². The minimum atomic E-state index is -0.829. The maximum Gasteiger partial charge on any atom is 0.144 e. The Balaban J connectivity index is 1.88. The Morgan fingerprint density at radius 1 is 0.656 bits per heavy atom. The van der Waals surface area contributed by atoms with Crippen molar-refractivity contribution < 1.29 is 14.2 Å². The highest BCUT2D eigenvalue weighted by atomic mass is 16.5. The Morgan fingerprint density at radius 3 is 1.66 bits per heavy atom. The van der Waals surface area contributed by atoms with Crippen molar-refractivity contribution in [2.45, 2.75) is 19.1 Å². The molecule has 0 amide bonds. The van der Waals surface area contributed by atoms with Crippen molar-refractivity contribution in [2.24, 2.45) is 0 Å². The number of ether oxygens (including phenoxy) is 3. The fourth-order valence-corrected chi connectivity index (χ4v) is 3.85. The zero-order valence-electron chi connectivity index (χ0n) is 18.6. The first kappa shape index (κ1) is 21.6. The predicted octanol–water partition coefficient (Wildman–Crippen LogP) is 5.92. The van der Waals surface area contributed by atoms with E-state index in [1.807, 2.05) is 61.7 Å². The monoisotopic (exact) mass is 425 g/mol. The van der Waals surface area contributed by atoms with E-state index in [0.29, 0.717) is 6.61 Å². The third-order valence-corrected chi connectivity index (χ3v) is 5.60. The summed E-state index contributed by atoms with van der Waals surface area (Å²) in [4.78, 5) is 4.43. The van der Waals surface area contributed by atoms with E-state index in [1.165, 1.54) is 0 Å². The number of rotatable bonds is 8. The summed E-state index contributed by atoms with van der Waals surface area (Å²) in [7, 11) is 3.34. The first-order valence-electron chi connectivity index (χ1n) is 10.6. The quantitative estimate of drug-likeness (QED) is 0.329. The van der Waals surface area contributed by atoms with Gasteiger partial charge in [-0.1, -0.05) is 60.7 Å². The van der Waals surface area contributed by atoms with E-state index in [1.54, 1.807) is 14.2 Å². The van der Waals surface area contributed by atoms with Crippen molar-refractivity contribution in [3.05, 3.63) is 125 Å². The van der Waals surface area contributed by atoms with Gasteiger partial charge in [-0.2, -0.15) is 0 Å². The van der Waals surface area contributed by atoms with E-state index < -0.39 is 5.60 Å². The maximum atomic E-state index is 6.84. The van der Waals surface area contributed by atoms with Gasteiger partial charge in [0.15, 0.2) is 0 Å². The average Bonchev–Trinajstić information content (AvgIpc) is 2.87. The fourth-order valence-electron chi connectivity index (χ4n) is 3.85. The summed E-state index contributed by atoms with van der Waals surface area (Å²) < 4.78 is 17.6. The van der Waals surface area contributed by atoms with Gasteiger partial charge in [0, 0.05) is 11.9 Å². The minimum Gasteiger partial charge on any atom is -0.497 e. The summed E-state index contributed by atoms with van der Waals surface area (Å²) in [5, 5.41) is 0. The summed E-state index contributed by atoms with van der Waals surface area (Å²) in [6.07, 6.45) is 1.87. The highest BCUT2D eigenvalue weighted by Gasteiger charge is 2.37. The van der Waals surface area contributed by atoms with Gasteiger partial charge in [-0.15, -0.1) is 0 Å². The van der Waals surface area contributed by atoms with Gasteiger partial charge in [0.2, 0.25) is 0 Å². The molecule has 4 rings (SSSR count). The average molecular weight is 426 g/mol. The molecule has 162 valence electrons. The number of aryl methyl sites for hydroxylation is 1. The summed E-state index contributed by atoms with van der Waals surface area (Å²) in [6.45, 7) is 2.38. The van der Waals surface area contributed by atoms with Gasteiger partial charge in [0.25, 0.3) is 0 Å². The Morgan fingerprint density at radius 2 is 1.19 bits per heavy atom. The fraction of sp³-hybridized carbons (Fsp3) is 0.179. The number of hydrogen-bond donors (Lipinski definition) is 0. The number of nitrogens with zero attached hydrogens (tertiary/aromatic N) is 1. The van der Waals surface area contributed by atoms with Gasteiger partial charge >= 0.3 is 0 Å². The van der Waals surface area contributed by atoms with Crippen molar-refractivity contribution in [1.82, 2.24) is 4.98 Å². The topological polar surface area (TPSA) is 40.6 Å². The van der Waals surface area contributed by atoms with E-state index in [2.05, 4.69) is 47.4 Å². The SMILES string of the molecule is COc1ccc(C(OCc2ccc(C)nc2)(c2ccccc2)c2ccc(OC)cc2)cc1. The Hall–Kier alpha value is -3.63. The molecule has 0 aliphatic heterocycles. The molecule has 4 aromatic rings. The molecule has 1 heterocycles. The lowest BCUT2D eigenvalue weighted by Crippen LogP contribution is -2.32. The third kappa shape index (κ3) is 4.36. The molecule has 0 aliphatic carbocycles. The molecular weight excluding hydrogens is 398 g/mol. The highest BCUT2D eigenvalue weighted by molar-refractivity contribution is 5.49. The molecular formula is C28H27NO3. The van der Waals surface area contributed by atoms with Crippen LogP contribution >= 0.6 is 0 Å². The lowest BCUT2D eigenvalue weighted by molar-refractivity contribution is 0.0000648. The van der Waals surface area contributed by atoms with Crippen LogP contribution in [0.15, 0.2) is 97.2 Å². The van der Waals surface area contributed by atoms with E-state index in [-0.39, 0.29) is 0 Å². The summed E-state index contributed by atoms with van der Waals surface area (Å²) in [5.74, 6) is 1.60. The number of aromatic nitrogens is 1. The third-order valence-electron chi connectivity index (χ3n) is 5.60. The van der Waals surface area contributed by atoms with Gasteiger partial charge in [0.05, 0.1) is 20.8 Å². The van der Waals surface area contributed by atoms with Crippen LogP contribution in [0.5, 0.6) is 11.5 Å². The van der Waals surface area contributed by atoms with Crippen LogP contribution in [0, 0.1) is 6.92 Å². The molecule has 0 saturated heterocycles. The van der Waals surface area contributed by atoms with Gasteiger partial charge in [-0.25, -0.2) is 0 Å². The molecule has 0 atom stereocenters. The van der Waals surface area contributed by atoms with Crippen LogP contribution in [0.2, 0.25) is 0 Å². The second-order valence-electron chi connectivity index (χ2n) is 7.60. The first-order chi connectivity index (χ1) is 15.7. The molecule has 4 heteroatoms. The summed E-state index contributed by atoms with van der Waals surface area (Å²) >= 11 is 0. The lowest BCUT2D eigenvalue weighted by atomic mass is 9.80. The Bertz CT molecular complexity index is 1070. The first-order valence-corrected chi connectivity index (χ1v) is 10.6. The molecule has 32 heavy (non-hydrogen) atoms. The van der Waals surface area contributed by atoms with Crippen molar-refractivity contribution in [3.63, 3.8) is 0 Å².